The summed E-state index contributed by atoms with van der Waals surface area (Å²) in [5.74, 6) is 6.93. The monoisotopic (exact) mass is 258 g/mol. The van der Waals surface area contributed by atoms with E-state index in [-0.39, 0.29) is 6.04 Å². The molecule has 1 unspecified atom stereocenters. The number of ether oxygens (including phenoxy) is 1. The normalized spacial score (nSPS) is 12.1. The molecule has 5 heteroatoms. The first-order chi connectivity index (χ1) is 9.26. The summed E-state index contributed by atoms with van der Waals surface area (Å²) in [4.78, 5) is 4.08. The van der Waals surface area contributed by atoms with Crippen molar-refractivity contribution in [2.75, 3.05) is 12.3 Å². The Balaban J connectivity index is 2.37. The molecule has 1 atom stereocenters. The quantitative estimate of drug-likeness (QED) is 0.560. The van der Waals surface area contributed by atoms with Crippen LogP contribution in [0.2, 0.25) is 0 Å². The van der Waals surface area contributed by atoms with E-state index >= 15 is 0 Å². The fraction of sp³-hybridized carbons (Fsp3) is 0.214. The summed E-state index contributed by atoms with van der Waals surface area (Å²) in [6, 6.07) is 11.3. The molecule has 0 saturated heterocycles. The Bertz CT molecular complexity index is 544. The molecule has 0 radical (unpaired) electrons. The van der Waals surface area contributed by atoms with Gasteiger partial charge >= 0.3 is 0 Å². The van der Waals surface area contributed by atoms with Crippen LogP contribution in [-0.4, -0.2) is 11.6 Å². The Labute approximate surface area is 112 Å². The van der Waals surface area contributed by atoms with Crippen LogP contribution in [0.1, 0.15) is 24.1 Å². The highest BCUT2D eigenvalue weighted by atomic mass is 16.5. The van der Waals surface area contributed by atoms with E-state index < -0.39 is 0 Å². The highest BCUT2D eigenvalue weighted by Gasteiger charge is 2.16. The summed E-state index contributed by atoms with van der Waals surface area (Å²) < 4.78 is 5.49. The number of rotatable bonds is 5. The fourth-order valence-corrected chi connectivity index (χ4v) is 1.99. The maximum atomic E-state index is 5.89. The molecule has 1 aromatic heterocycles. The van der Waals surface area contributed by atoms with Crippen molar-refractivity contribution in [3.8, 4) is 5.75 Å². The van der Waals surface area contributed by atoms with E-state index in [1.165, 1.54) is 0 Å². The molecule has 0 spiro atoms. The van der Waals surface area contributed by atoms with E-state index in [1.807, 2.05) is 43.3 Å². The smallest absolute Gasteiger partial charge is 0.128 e. The third-order valence-electron chi connectivity index (χ3n) is 2.85. The molecule has 0 aliphatic heterocycles. The SMILES string of the molecule is CCOc1cccc(C(NN)c2cccnc2N)c1. The molecule has 0 aliphatic rings. The molecule has 2 rings (SSSR count). The van der Waals surface area contributed by atoms with Crippen LogP contribution in [-0.2, 0) is 0 Å². The predicted octanol–water partition coefficient (Wildman–Crippen LogP) is 1.62. The molecule has 2 aromatic rings. The van der Waals surface area contributed by atoms with Crippen LogP contribution in [0.15, 0.2) is 42.6 Å². The largest absolute Gasteiger partial charge is 0.494 e. The van der Waals surface area contributed by atoms with E-state index in [1.54, 1.807) is 6.20 Å². The highest BCUT2D eigenvalue weighted by molar-refractivity contribution is 5.46. The third-order valence-corrected chi connectivity index (χ3v) is 2.85. The van der Waals surface area contributed by atoms with Crippen LogP contribution in [0.3, 0.4) is 0 Å². The predicted molar refractivity (Wildman–Crippen MR) is 75.4 cm³/mol. The molecule has 0 bridgehead atoms. The van der Waals surface area contributed by atoms with Gasteiger partial charge in [0.1, 0.15) is 11.6 Å². The number of pyridine rings is 1. The summed E-state index contributed by atoms with van der Waals surface area (Å²) in [6.07, 6.45) is 1.66. The number of hydrazine groups is 1. The lowest BCUT2D eigenvalue weighted by atomic mass is 10.00. The first-order valence-electron chi connectivity index (χ1n) is 6.15. The number of hydrogen-bond donors (Lipinski definition) is 3. The van der Waals surface area contributed by atoms with Gasteiger partial charge in [-0.1, -0.05) is 18.2 Å². The van der Waals surface area contributed by atoms with Crippen molar-refractivity contribution in [2.45, 2.75) is 13.0 Å². The number of nitrogens with zero attached hydrogens (tertiary/aromatic N) is 1. The van der Waals surface area contributed by atoms with Crippen molar-refractivity contribution < 1.29 is 4.74 Å². The number of benzene rings is 1. The number of nitrogen functional groups attached to an aromatic ring is 1. The zero-order chi connectivity index (χ0) is 13.7. The number of anilines is 1. The molecule has 0 saturated carbocycles. The van der Waals surface area contributed by atoms with Crippen molar-refractivity contribution in [1.82, 2.24) is 10.4 Å². The Hall–Kier alpha value is -2.11. The lowest BCUT2D eigenvalue weighted by molar-refractivity contribution is 0.339. The second-order valence-electron chi connectivity index (χ2n) is 4.08. The average Bonchev–Trinajstić information content (AvgIpc) is 2.43. The zero-order valence-corrected chi connectivity index (χ0v) is 10.8. The van der Waals surface area contributed by atoms with Crippen LogP contribution >= 0.6 is 0 Å². The summed E-state index contributed by atoms with van der Waals surface area (Å²) in [5.41, 5.74) is 10.5. The molecule has 0 aliphatic carbocycles. The molecular weight excluding hydrogens is 240 g/mol. The fourth-order valence-electron chi connectivity index (χ4n) is 1.99. The number of nitrogens with two attached hydrogens (primary N) is 2. The maximum absolute atomic E-state index is 5.89. The van der Waals surface area contributed by atoms with Crippen LogP contribution in [0.4, 0.5) is 5.82 Å². The van der Waals surface area contributed by atoms with Crippen LogP contribution in [0.5, 0.6) is 5.75 Å². The van der Waals surface area contributed by atoms with Crippen molar-refractivity contribution >= 4 is 5.82 Å². The van der Waals surface area contributed by atoms with E-state index in [2.05, 4.69) is 10.4 Å². The van der Waals surface area contributed by atoms with Crippen LogP contribution in [0.25, 0.3) is 0 Å². The van der Waals surface area contributed by atoms with Crippen molar-refractivity contribution in [3.05, 3.63) is 53.7 Å². The van der Waals surface area contributed by atoms with Gasteiger partial charge in [-0.3, -0.25) is 5.84 Å². The van der Waals surface area contributed by atoms with Crippen LogP contribution in [0, 0.1) is 0 Å². The number of aromatic nitrogens is 1. The lowest BCUT2D eigenvalue weighted by Gasteiger charge is -2.18. The first kappa shape index (κ1) is 13.3. The molecule has 5 nitrogen and oxygen atoms in total. The average molecular weight is 258 g/mol. The second-order valence-corrected chi connectivity index (χ2v) is 4.08. The molecule has 0 fully saturated rings. The molecule has 1 aromatic carbocycles. The summed E-state index contributed by atoms with van der Waals surface area (Å²) in [6.45, 7) is 2.57. The van der Waals surface area contributed by atoms with Gasteiger partial charge in [0.25, 0.3) is 0 Å². The van der Waals surface area contributed by atoms with Gasteiger partial charge in [-0.2, -0.15) is 0 Å². The Morgan fingerprint density at radius 3 is 2.84 bits per heavy atom. The van der Waals surface area contributed by atoms with Crippen molar-refractivity contribution in [1.29, 1.82) is 0 Å². The molecular formula is C14H18N4O. The Morgan fingerprint density at radius 1 is 1.32 bits per heavy atom. The van der Waals surface area contributed by atoms with E-state index in [0.29, 0.717) is 12.4 Å². The van der Waals surface area contributed by atoms with Gasteiger partial charge in [0.2, 0.25) is 0 Å². The standard InChI is InChI=1S/C14H18N4O/c1-2-19-11-6-3-5-10(9-11)13(18-16)12-7-4-8-17-14(12)15/h3-9,13,18H,2,16H2,1H3,(H2,15,17). The van der Waals surface area contributed by atoms with Gasteiger partial charge in [0.15, 0.2) is 0 Å². The van der Waals surface area contributed by atoms with Gasteiger partial charge < -0.3 is 10.5 Å². The van der Waals surface area contributed by atoms with E-state index in [0.717, 1.165) is 16.9 Å². The second kappa shape index (κ2) is 6.17. The molecule has 1 heterocycles. The topological polar surface area (TPSA) is 86.2 Å². The maximum Gasteiger partial charge on any atom is 0.128 e. The van der Waals surface area contributed by atoms with Crippen LogP contribution < -0.4 is 21.7 Å². The summed E-state index contributed by atoms with van der Waals surface area (Å²) in [7, 11) is 0. The molecule has 5 N–H and O–H groups in total. The Morgan fingerprint density at radius 2 is 2.16 bits per heavy atom. The number of nitrogens with one attached hydrogen (secondary N) is 1. The third kappa shape index (κ3) is 3.01. The van der Waals surface area contributed by atoms with Gasteiger partial charge in [0.05, 0.1) is 12.6 Å². The van der Waals surface area contributed by atoms with Crippen molar-refractivity contribution in [3.63, 3.8) is 0 Å². The molecule has 19 heavy (non-hydrogen) atoms. The minimum absolute atomic E-state index is 0.214. The van der Waals surface area contributed by atoms with E-state index in [4.69, 9.17) is 16.3 Å². The van der Waals surface area contributed by atoms with Gasteiger partial charge in [-0.05, 0) is 30.7 Å². The minimum atomic E-state index is -0.214. The molecule has 0 amide bonds. The lowest BCUT2D eigenvalue weighted by Crippen LogP contribution is -2.29. The summed E-state index contributed by atoms with van der Waals surface area (Å²) >= 11 is 0. The van der Waals surface area contributed by atoms with Gasteiger partial charge in [0, 0.05) is 11.8 Å². The highest BCUT2D eigenvalue weighted by Crippen LogP contribution is 2.27. The summed E-state index contributed by atoms with van der Waals surface area (Å²) in [5, 5.41) is 0. The molecule has 100 valence electrons. The van der Waals surface area contributed by atoms with Gasteiger partial charge in [-0.15, -0.1) is 0 Å². The first-order valence-corrected chi connectivity index (χ1v) is 6.15. The zero-order valence-electron chi connectivity index (χ0n) is 10.8. The van der Waals surface area contributed by atoms with Gasteiger partial charge in [-0.25, -0.2) is 10.4 Å². The van der Waals surface area contributed by atoms with Crippen molar-refractivity contribution in [2.24, 2.45) is 5.84 Å². The number of hydrogen-bond acceptors (Lipinski definition) is 5. The Kier molecular flexibility index (Phi) is 4.33. The minimum Gasteiger partial charge on any atom is -0.494 e. The van der Waals surface area contributed by atoms with E-state index in [9.17, 15) is 0 Å².